The van der Waals surface area contributed by atoms with Crippen molar-refractivity contribution < 1.29 is 5.11 Å². The molecule has 0 aromatic rings. The first-order valence-electron chi connectivity index (χ1n) is 6.80. The zero-order valence-corrected chi connectivity index (χ0v) is 10.8. The number of aliphatic hydroxyl groups excluding tert-OH is 1. The van der Waals surface area contributed by atoms with Crippen LogP contribution < -0.4 is 0 Å². The summed E-state index contributed by atoms with van der Waals surface area (Å²) in [7, 11) is 0. The highest BCUT2D eigenvalue weighted by molar-refractivity contribution is 5.29. The van der Waals surface area contributed by atoms with Crippen LogP contribution in [-0.2, 0) is 0 Å². The Morgan fingerprint density at radius 2 is 1.94 bits per heavy atom. The molecule has 4 fully saturated rings. The first kappa shape index (κ1) is 10.8. The van der Waals surface area contributed by atoms with Gasteiger partial charge >= 0.3 is 0 Å². The van der Waals surface area contributed by atoms with Crippen molar-refractivity contribution in [3.05, 3.63) is 11.6 Å². The number of aliphatic hydroxyl groups is 1. The molecule has 1 nitrogen and oxygen atoms in total. The van der Waals surface area contributed by atoms with Crippen molar-refractivity contribution >= 4 is 0 Å². The van der Waals surface area contributed by atoms with Crippen LogP contribution in [-0.4, -0.2) is 11.7 Å². The first-order chi connectivity index (χ1) is 7.54. The molecule has 2 unspecified atom stereocenters. The average Bonchev–Trinajstić information content (AvgIpc) is 2.62. The van der Waals surface area contributed by atoms with Crippen molar-refractivity contribution in [2.75, 3.05) is 6.61 Å². The highest BCUT2D eigenvalue weighted by Crippen LogP contribution is 2.87. The summed E-state index contributed by atoms with van der Waals surface area (Å²) in [5, 5.41) is 8.99. The zero-order valence-electron chi connectivity index (χ0n) is 10.8. The summed E-state index contributed by atoms with van der Waals surface area (Å²) in [5.41, 5.74) is 2.43. The van der Waals surface area contributed by atoms with Crippen molar-refractivity contribution in [2.24, 2.45) is 28.6 Å². The lowest BCUT2D eigenvalue weighted by molar-refractivity contribution is 0.154. The van der Waals surface area contributed by atoms with Crippen LogP contribution in [0.4, 0.5) is 0 Å². The van der Waals surface area contributed by atoms with Gasteiger partial charge in [-0.05, 0) is 61.2 Å². The van der Waals surface area contributed by atoms with E-state index in [1.54, 1.807) is 0 Å². The van der Waals surface area contributed by atoms with Gasteiger partial charge in [0, 0.05) is 0 Å². The first-order valence-corrected chi connectivity index (χ1v) is 6.80. The van der Waals surface area contributed by atoms with Crippen molar-refractivity contribution in [3.8, 4) is 0 Å². The minimum atomic E-state index is 0.225. The van der Waals surface area contributed by atoms with Crippen LogP contribution in [0.2, 0.25) is 0 Å². The third kappa shape index (κ3) is 1.06. The molecule has 16 heavy (non-hydrogen) atoms. The molecule has 4 aliphatic rings. The van der Waals surface area contributed by atoms with Gasteiger partial charge in [-0.1, -0.05) is 25.5 Å². The predicted molar refractivity (Wildman–Crippen MR) is 66.0 cm³/mol. The molecular weight excluding hydrogens is 196 g/mol. The van der Waals surface area contributed by atoms with Gasteiger partial charge < -0.3 is 5.11 Å². The second-order valence-electron chi connectivity index (χ2n) is 6.83. The van der Waals surface area contributed by atoms with Gasteiger partial charge in [-0.15, -0.1) is 0 Å². The Kier molecular flexibility index (Phi) is 2.12. The third-order valence-corrected chi connectivity index (χ3v) is 6.53. The summed E-state index contributed by atoms with van der Waals surface area (Å²) in [6.07, 6.45) is 7.76. The average molecular weight is 220 g/mol. The van der Waals surface area contributed by atoms with E-state index in [2.05, 4.69) is 19.9 Å². The molecule has 0 saturated heterocycles. The molecule has 0 heterocycles. The highest BCUT2D eigenvalue weighted by atomic mass is 16.3. The zero-order chi connectivity index (χ0) is 11.6. The Morgan fingerprint density at radius 1 is 1.31 bits per heavy atom. The molecule has 90 valence electrons. The van der Waals surface area contributed by atoms with E-state index in [0.717, 1.165) is 29.7 Å². The van der Waals surface area contributed by atoms with Crippen LogP contribution in [0.25, 0.3) is 0 Å². The van der Waals surface area contributed by atoms with E-state index in [1.165, 1.54) is 19.3 Å². The molecule has 4 saturated carbocycles. The summed E-state index contributed by atoms with van der Waals surface area (Å²) in [4.78, 5) is 0. The maximum absolute atomic E-state index is 8.99. The number of rotatable bonds is 4. The third-order valence-electron chi connectivity index (χ3n) is 6.53. The Balaban J connectivity index is 1.68. The predicted octanol–water partition coefficient (Wildman–Crippen LogP) is 3.39. The fourth-order valence-corrected chi connectivity index (χ4v) is 5.19. The molecule has 1 N–H and O–H groups in total. The van der Waals surface area contributed by atoms with E-state index in [4.69, 9.17) is 5.11 Å². The Labute approximate surface area is 98.9 Å². The van der Waals surface area contributed by atoms with Gasteiger partial charge in [-0.2, -0.15) is 0 Å². The van der Waals surface area contributed by atoms with Crippen molar-refractivity contribution in [2.45, 2.75) is 46.5 Å². The van der Waals surface area contributed by atoms with E-state index in [-0.39, 0.29) is 6.61 Å². The van der Waals surface area contributed by atoms with Gasteiger partial charge in [-0.3, -0.25) is 0 Å². The normalized spacial score (nSPS) is 53.5. The molecular formula is C15H24O. The van der Waals surface area contributed by atoms with Crippen molar-refractivity contribution in [1.82, 2.24) is 0 Å². The summed E-state index contributed by atoms with van der Waals surface area (Å²) in [6, 6.07) is 0. The second-order valence-corrected chi connectivity index (χ2v) is 6.83. The molecule has 4 rings (SSSR count). The van der Waals surface area contributed by atoms with E-state index in [0.29, 0.717) is 10.8 Å². The molecule has 0 aromatic carbocycles. The van der Waals surface area contributed by atoms with Crippen LogP contribution in [0.3, 0.4) is 0 Å². The summed E-state index contributed by atoms with van der Waals surface area (Å²) in [6.45, 7) is 7.33. The molecule has 4 bridgehead atoms. The Bertz CT molecular complexity index is 331. The van der Waals surface area contributed by atoms with Gasteiger partial charge in [0.15, 0.2) is 0 Å². The lowest BCUT2D eigenvalue weighted by Gasteiger charge is -2.34. The van der Waals surface area contributed by atoms with Crippen LogP contribution in [0, 0.1) is 28.6 Å². The summed E-state index contributed by atoms with van der Waals surface area (Å²) >= 11 is 0. The van der Waals surface area contributed by atoms with E-state index in [1.807, 2.05) is 6.92 Å². The van der Waals surface area contributed by atoms with Crippen LogP contribution in [0.1, 0.15) is 46.5 Å². The topological polar surface area (TPSA) is 20.2 Å². The molecule has 0 aliphatic heterocycles. The van der Waals surface area contributed by atoms with Gasteiger partial charge in [0.25, 0.3) is 0 Å². The molecule has 5 atom stereocenters. The van der Waals surface area contributed by atoms with Crippen LogP contribution >= 0.6 is 0 Å². The Hall–Kier alpha value is -0.300. The fraction of sp³-hybridized carbons (Fsp3) is 0.867. The minimum Gasteiger partial charge on any atom is -0.392 e. The summed E-state index contributed by atoms with van der Waals surface area (Å²) in [5.74, 6) is 3.16. The van der Waals surface area contributed by atoms with Gasteiger partial charge in [0.2, 0.25) is 0 Å². The maximum atomic E-state index is 8.99. The number of allylic oxidation sites excluding steroid dienone is 1. The number of hydrogen-bond donors (Lipinski definition) is 1. The van der Waals surface area contributed by atoms with Crippen LogP contribution in [0.15, 0.2) is 11.6 Å². The quantitative estimate of drug-likeness (QED) is 0.720. The van der Waals surface area contributed by atoms with Crippen molar-refractivity contribution in [1.29, 1.82) is 0 Å². The summed E-state index contributed by atoms with van der Waals surface area (Å²) < 4.78 is 0. The maximum Gasteiger partial charge on any atom is 0.0639 e. The Morgan fingerprint density at radius 3 is 2.38 bits per heavy atom. The molecule has 0 aromatic heterocycles. The van der Waals surface area contributed by atoms with Crippen LogP contribution in [0.5, 0.6) is 0 Å². The lowest BCUT2D eigenvalue weighted by Crippen LogP contribution is -2.26. The molecule has 0 radical (unpaired) electrons. The second kappa shape index (κ2) is 3.13. The molecule has 4 aliphatic carbocycles. The largest absolute Gasteiger partial charge is 0.392 e. The van der Waals surface area contributed by atoms with E-state index >= 15 is 0 Å². The molecule has 0 spiro atoms. The monoisotopic (exact) mass is 220 g/mol. The lowest BCUT2D eigenvalue weighted by atomic mass is 9.71. The van der Waals surface area contributed by atoms with Gasteiger partial charge in [0.1, 0.15) is 0 Å². The highest BCUT2D eigenvalue weighted by Gasteiger charge is 2.80. The van der Waals surface area contributed by atoms with Gasteiger partial charge in [-0.25, -0.2) is 0 Å². The van der Waals surface area contributed by atoms with Gasteiger partial charge in [0.05, 0.1) is 6.61 Å². The number of hydrogen-bond acceptors (Lipinski definition) is 1. The smallest absolute Gasteiger partial charge is 0.0639 e. The van der Waals surface area contributed by atoms with E-state index < -0.39 is 0 Å². The fourth-order valence-electron chi connectivity index (χ4n) is 5.19. The SMILES string of the molecule is C/C(=C\CC[C@]1(C)C2C[C@@H]3[C@H](C2)C31C)CO. The minimum absolute atomic E-state index is 0.225. The van der Waals surface area contributed by atoms with Crippen molar-refractivity contribution in [3.63, 3.8) is 0 Å². The molecule has 1 heteroatoms. The molecule has 0 amide bonds. The standard InChI is InChI=1S/C15H24O/c1-10(9-16)5-4-6-14(2)11-7-12-13(8-11)15(12,14)3/h5,11-13,16H,4,6-9H2,1-3H3/b10-5+/t11?,12-,13+,14-,15?/m1/s1. The van der Waals surface area contributed by atoms with E-state index in [9.17, 15) is 0 Å².